The molecule has 0 bridgehead atoms. The number of allylic oxidation sites excluding steroid dienone is 3. The Labute approximate surface area is 232 Å². The number of aryl methyl sites for hydroxylation is 1. The van der Waals surface area contributed by atoms with E-state index in [-0.39, 0.29) is 23.5 Å². The van der Waals surface area contributed by atoms with Crippen LogP contribution in [0.2, 0.25) is 5.02 Å². The molecule has 0 fully saturated rings. The van der Waals surface area contributed by atoms with E-state index in [2.05, 4.69) is 22.0 Å². The van der Waals surface area contributed by atoms with Crippen LogP contribution in [0.1, 0.15) is 30.9 Å². The summed E-state index contributed by atoms with van der Waals surface area (Å²) in [5, 5.41) is 19.9. The summed E-state index contributed by atoms with van der Waals surface area (Å²) in [5.74, 6) is -0.0382. The highest BCUT2D eigenvalue weighted by atomic mass is 35.5. The molecule has 0 aromatic heterocycles. The van der Waals surface area contributed by atoms with Crippen molar-refractivity contribution in [3.05, 3.63) is 117 Å². The highest BCUT2D eigenvalue weighted by molar-refractivity contribution is 8.03. The topological polar surface area (TPSA) is 94.0 Å². The maximum absolute atomic E-state index is 12.3. The van der Waals surface area contributed by atoms with Gasteiger partial charge < -0.3 is 16.0 Å². The summed E-state index contributed by atoms with van der Waals surface area (Å²) in [6, 6.07) is 26.9. The fourth-order valence-corrected chi connectivity index (χ4v) is 4.75. The van der Waals surface area contributed by atoms with Crippen molar-refractivity contribution in [3.63, 3.8) is 0 Å². The van der Waals surface area contributed by atoms with Crippen molar-refractivity contribution in [1.29, 1.82) is 5.26 Å². The molecule has 0 aliphatic carbocycles. The lowest BCUT2D eigenvalue weighted by Gasteiger charge is -2.24. The normalized spacial score (nSPS) is 14.2. The second kappa shape index (κ2) is 14.1. The molecule has 1 aliphatic rings. The zero-order valence-electron chi connectivity index (χ0n) is 21.4. The van der Waals surface area contributed by atoms with Crippen LogP contribution >= 0.6 is 23.4 Å². The van der Waals surface area contributed by atoms with E-state index >= 15 is 0 Å². The molecule has 1 aliphatic heterocycles. The number of hydrogen-bond donors (Lipinski definition) is 3. The minimum absolute atomic E-state index is 0.0766. The zero-order chi connectivity index (χ0) is 27.5. The standard InChI is InChI=1S/C22H21N3OS.C8H8ClNO/c1-15-7-6-10-18(11-15)25-21(26)14-27-22-20(13-23)19(12-16(2)24-22)17-8-4-3-5-9-17;1-6(11)10-8-4-2-7(9)3-5-8/h3-12,19,24H,14H2,1-2H3,(H,25,26);2-5H,1H3,(H,10,11). The molecule has 2 amide bonds. The first-order valence-corrected chi connectivity index (χ1v) is 13.3. The molecule has 194 valence electrons. The highest BCUT2D eigenvalue weighted by Gasteiger charge is 2.24. The molecule has 6 nitrogen and oxygen atoms in total. The highest BCUT2D eigenvalue weighted by Crippen LogP contribution is 2.35. The summed E-state index contributed by atoms with van der Waals surface area (Å²) in [7, 11) is 0. The van der Waals surface area contributed by atoms with Crippen LogP contribution in [0.15, 0.2) is 101 Å². The Hall–Kier alpha value is -3.99. The second-order valence-corrected chi connectivity index (χ2v) is 10.0. The summed E-state index contributed by atoms with van der Waals surface area (Å²) >= 11 is 6.99. The number of nitrogens with one attached hydrogen (secondary N) is 3. The van der Waals surface area contributed by atoms with E-state index in [4.69, 9.17) is 11.6 Å². The predicted molar refractivity (Wildman–Crippen MR) is 157 cm³/mol. The van der Waals surface area contributed by atoms with Crippen LogP contribution in [-0.4, -0.2) is 17.6 Å². The van der Waals surface area contributed by atoms with Gasteiger partial charge in [-0.2, -0.15) is 5.26 Å². The van der Waals surface area contributed by atoms with Crippen LogP contribution in [-0.2, 0) is 9.59 Å². The summed E-state index contributed by atoms with van der Waals surface area (Å²) in [5.41, 5.74) is 5.32. The minimum atomic E-state index is -0.0974. The molecule has 3 N–H and O–H groups in total. The van der Waals surface area contributed by atoms with E-state index < -0.39 is 0 Å². The number of carbonyl (C=O) groups is 2. The van der Waals surface area contributed by atoms with Crippen LogP contribution in [0.25, 0.3) is 0 Å². The van der Waals surface area contributed by atoms with Crippen molar-refractivity contribution in [2.45, 2.75) is 26.7 Å². The van der Waals surface area contributed by atoms with Crippen molar-refractivity contribution >= 4 is 46.6 Å². The lowest BCUT2D eigenvalue weighted by atomic mass is 9.90. The van der Waals surface area contributed by atoms with Crippen molar-refractivity contribution in [3.8, 4) is 6.07 Å². The molecule has 1 unspecified atom stereocenters. The molecule has 38 heavy (non-hydrogen) atoms. The van der Waals surface area contributed by atoms with Gasteiger partial charge in [-0.25, -0.2) is 0 Å². The SMILES string of the molecule is CC(=O)Nc1ccc(Cl)cc1.CC1=CC(c2ccccc2)C(C#N)=C(SCC(=O)Nc2cccc(C)c2)N1. The van der Waals surface area contributed by atoms with Crippen LogP contribution < -0.4 is 16.0 Å². The smallest absolute Gasteiger partial charge is 0.234 e. The lowest BCUT2D eigenvalue weighted by Crippen LogP contribution is -2.22. The number of amides is 2. The van der Waals surface area contributed by atoms with Crippen molar-refractivity contribution in [2.75, 3.05) is 16.4 Å². The van der Waals surface area contributed by atoms with Crippen LogP contribution in [0, 0.1) is 18.3 Å². The van der Waals surface area contributed by atoms with Gasteiger partial charge in [-0.15, -0.1) is 0 Å². The van der Waals surface area contributed by atoms with E-state index in [9.17, 15) is 14.9 Å². The van der Waals surface area contributed by atoms with Gasteiger partial charge in [-0.3, -0.25) is 9.59 Å². The molecule has 8 heteroatoms. The van der Waals surface area contributed by atoms with Crippen LogP contribution in [0.3, 0.4) is 0 Å². The van der Waals surface area contributed by atoms with Gasteiger partial charge in [0.15, 0.2) is 0 Å². The summed E-state index contributed by atoms with van der Waals surface area (Å²) in [4.78, 5) is 22.9. The average Bonchev–Trinajstić information content (AvgIpc) is 2.89. The molecule has 3 aromatic carbocycles. The summed E-state index contributed by atoms with van der Waals surface area (Å²) < 4.78 is 0. The summed E-state index contributed by atoms with van der Waals surface area (Å²) in [6.45, 7) is 5.42. The molecule has 4 rings (SSSR count). The van der Waals surface area contributed by atoms with Crippen molar-refractivity contribution in [2.24, 2.45) is 0 Å². The van der Waals surface area contributed by atoms with Gasteiger partial charge in [0.2, 0.25) is 11.8 Å². The van der Waals surface area contributed by atoms with Crippen LogP contribution in [0.4, 0.5) is 11.4 Å². The maximum atomic E-state index is 12.3. The molecule has 0 saturated heterocycles. The van der Waals surface area contributed by atoms with E-state index in [1.807, 2.05) is 74.5 Å². The number of dihydropyridines is 1. The first-order chi connectivity index (χ1) is 18.2. The molecular formula is C30H29ClN4O2S. The molecule has 0 saturated carbocycles. The molecule has 0 radical (unpaired) electrons. The van der Waals surface area contributed by atoms with Crippen molar-refractivity contribution in [1.82, 2.24) is 5.32 Å². The number of hydrogen-bond acceptors (Lipinski definition) is 5. The predicted octanol–water partition coefficient (Wildman–Crippen LogP) is 6.99. The second-order valence-electron chi connectivity index (χ2n) is 8.61. The number of nitriles is 1. The average molecular weight is 545 g/mol. The van der Waals surface area contributed by atoms with Gasteiger partial charge in [0, 0.05) is 34.9 Å². The monoisotopic (exact) mass is 544 g/mol. The quantitative estimate of drug-likeness (QED) is 0.311. The van der Waals surface area contributed by atoms with Gasteiger partial charge in [-0.1, -0.05) is 71.9 Å². The Bertz CT molecular complexity index is 1380. The van der Waals surface area contributed by atoms with Gasteiger partial charge in [-0.05, 0) is 61.4 Å². The molecule has 0 spiro atoms. The molecule has 3 aromatic rings. The summed E-state index contributed by atoms with van der Waals surface area (Å²) in [6.07, 6.45) is 2.05. The number of nitrogens with zero attached hydrogens (tertiary/aromatic N) is 1. The largest absolute Gasteiger partial charge is 0.353 e. The zero-order valence-corrected chi connectivity index (χ0v) is 23.0. The van der Waals surface area contributed by atoms with E-state index in [0.29, 0.717) is 10.6 Å². The van der Waals surface area contributed by atoms with E-state index in [1.165, 1.54) is 18.7 Å². The fourth-order valence-electron chi connectivity index (χ4n) is 3.71. The Morgan fingerprint density at radius 3 is 2.32 bits per heavy atom. The third kappa shape index (κ3) is 8.84. The number of anilines is 2. The third-order valence-electron chi connectivity index (χ3n) is 5.38. The van der Waals surface area contributed by atoms with Crippen LogP contribution in [0.5, 0.6) is 0 Å². The lowest BCUT2D eigenvalue weighted by molar-refractivity contribution is -0.114. The van der Waals surface area contributed by atoms with Gasteiger partial charge >= 0.3 is 0 Å². The fraction of sp³-hybridized carbons (Fsp3) is 0.167. The number of benzene rings is 3. The minimum Gasteiger partial charge on any atom is -0.353 e. The van der Waals surface area contributed by atoms with Gasteiger partial charge in [0.25, 0.3) is 0 Å². The van der Waals surface area contributed by atoms with E-state index in [0.717, 1.165) is 33.2 Å². The number of thioether (sulfide) groups is 1. The number of halogens is 1. The number of rotatable bonds is 6. The Balaban J connectivity index is 0.000000304. The molecular weight excluding hydrogens is 516 g/mol. The Morgan fingerprint density at radius 1 is 0.974 bits per heavy atom. The number of carbonyl (C=O) groups excluding carboxylic acids is 2. The maximum Gasteiger partial charge on any atom is 0.234 e. The van der Waals surface area contributed by atoms with Crippen molar-refractivity contribution < 1.29 is 9.59 Å². The molecule has 1 heterocycles. The van der Waals surface area contributed by atoms with Gasteiger partial charge in [0.05, 0.1) is 22.4 Å². The molecule has 1 atom stereocenters. The third-order valence-corrected chi connectivity index (χ3v) is 6.65. The van der Waals surface area contributed by atoms with E-state index in [1.54, 1.807) is 24.3 Å². The first kappa shape index (κ1) is 28.6. The first-order valence-electron chi connectivity index (χ1n) is 11.9. The Morgan fingerprint density at radius 2 is 1.68 bits per heavy atom. The Kier molecular flexibility index (Phi) is 10.6. The van der Waals surface area contributed by atoms with Gasteiger partial charge in [0.1, 0.15) is 0 Å².